The van der Waals surface area contributed by atoms with Crippen molar-refractivity contribution in [3.8, 4) is 10.9 Å². The van der Waals surface area contributed by atoms with Crippen LogP contribution in [0.15, 0.2) is 47.4 Å². The number of thiazole rings is 1. The number of rotatable bonds is 5. The third kappa shape index (κ3) is 3.82. The molecule has 0 spiro atoms. The summed E-state index contributed by atoms with van der Waals surface area (Å²) in [5, 5.41) is 0.572. The molecule has 0 unspecified atom stereocenters. The van der Waals surface area contributed by atoms with Gasteiger partial charge in [-0.05, 0) is 55.3 Å². The molecule has 28 heavy (non-hydrogen) atoms. The Morgan fingerprint density at radius 3 is 2.54 bits per heavy atom. The number of sulfonamides is 1. The normalized spacial score (nSPS) is 16.4. The molecule has 0 atom stereocenters. The maximum absolute atomic E-state index is 13.1. The Labute approximate surface area is 166 Å². The maximum Gasteiger partial charge on any atom is 0.274 e. The van der Waals surface area contributed by atoms with Crippen molar-refractivity contribution in [3.63, 3.8) is 0 Å². The fraction of sp³-hybridized carbons (Fsp3) is 0.316. The third-order valence-corrected chi connectivity index (χ3v) is 7.52. The van der Waals surface area contributed by atoms with Crippen LogP contribution in [-0.2, 0) is 10.0 Å². The van der Waals surface area contributed by atoms with Crippen LogP contribution >= 0.6 is 11.3 Å². The minimum Gasteiger partial charge on any atom is -0.497 e. The van der Waals surface area contributed by atoms with Gasteiger partial charge in [0.1, 0.15) is 17.7 Å². The fourth-order valence-corrected chi connectivity index (χ4v) is 5.53. The molecule has 1 aliphatic heterocycles. The van der Waals surface area contributed by atoms with Gasteiger partial charge in [-0.3, -0.25) is 0 Å². The number of hydrogen-bond donors (Lipinski definition) is 0. The second-order valence-electron chi connectivity index (χ2n) is 6.49. The molecule has 0 amide bonds. The molecular weight excluding hydrogens is 403 g/mol. The lowest BCUT2D eigenvalue weighted by molar-refractivity contribution is 0.135. The second-order valence-corrected chi connectivity index (χ2v) is 9.42. The number of aromatic nitrogens is 1. The molecular formula is C19H19FN2O4S2. The van der Waals surface area contributed by atoms with Crippen LogP contribution in [0.2, 0.25) is 0 Å². The van der Waals surface area contributed by atoms with Crippen molar-refractivity contribution in [2.75, 3.05) is 20.2 Å². The van der Waals surface area contributed by atoms with Crippen molar-refractivity contribution in [3.05, 3.63) is 48.3 Å². The van der Waals surface area contributed by atoms with Crippen LogP contribution in [0.5, 0.6) is 10.9 Å². The monoisotopic (exact) mass is 422 g/mol. The molecule has 1 saturated heterocycles. The van der Waals surface area contributed by atoms with Gasteiger partial charge in [0.05, 0.1) is 22.2 Å². The van der Waals surface area contributed by atoms with Gasteiger partial charge in [0.15, 0.2) is 0 Å². The summed E-state index contributed by atoms with van der Waals surface area (Å²) < 4.78 is 52.0. The van der Waals surface area contributed by atoms with E-state index in [2.05, 4.69) is 4.98 Å². The predicted molar refractivity (Wildman–Crippen MR) is 105 cm³/mol. The van der Waals surface area contributed by atoms with Gasteiger partial charge in [0.2, 0.25) is 10.0 Å². The highest BCUT2D eigenvalue weighted by Gasteiger charge is 2.30. The van der Waals surface area contributed by atoms with E-state index in [0.717, 1.165) is 28.1 Å². The van der Waals surface area contributed by atoms with E-state index in [-0.39, 0.29) is 11.0 Å². The van der Waals surface area contributed by atoms with Crippen LogP contribution in [-0.4, -0.2) is 44.0 Å². The summed E-state index contributed by atoms with van der Waals surface area (Å²) in [7, 11) is -2.00. The molecule has 1 aromatic heterocycles. The topological polar surface area (TPSA) is 68.7 Å². The van der Waals surface area contributed by atoms with Crippen LogP contribution in [0, 0.1) is 5.82 Å². The number of fused-ring (bicyclic) bond motifs is 1. The van der Waals surface area contributed by atoms with Gasteiger partial charge in [-0.15, -0.1) is 0 Å². The summed E-state index contributed by atoms with van der Waals surface area (Å²) in [5.74, 6) is 0.307. The molecule has 1 aliphatic rings. The second kappa shape index (κ2) is 7.65. The Hall–Kier alpha value is -2.23. The van der Waals surface area contributed by atoms with E-state index >= 15 is 0 Å². The first-order chi connectivity index (χ1) is 13.5. The molecule has 0 aliphatic carbocycles. The first-order valence-electron chi connectivity index (χ1n) is 8.83. The molecule has 6 nitrogen and oxygen atoms in total. The highest BCUT2D eigenvalue weighted by atomic mass is 32.2. The summed E-state index contributed by atoms with van der Waals surface area (Å²) in [5.41, 5.74) is 0.845. The number of halogens is 1. The van der Waals surface area contributed by atoms with Crippen molar-refractivity contribution >= 4 is 31.6 Å². The fourth-order valence-electron chi connectivity index (χ4n) is 3.15. The lowest BCUT2D eigenvalue weighted by Gasteiger charge is -2.30. The molecule has 1 fully saturated rings. The maximum atomic E-state index is 13.1. The standard InChI is InChI=1S/C19H19FN2O4S2/c1-25-15-4-7-17-18(12-15)27-19(21-17)26-14-8-10-22(11-9-14)28(23,24)16-5-2-13(20)3-6-16/h2-7,12,14H,8-11H2,1H3. The summed E-state index contributed by atoms with van der Waals surface area (Å²) in [6.07, 6.45) is 1.04. The Bertz CT molecular complexity index is 1080. The van der Waals surface area contributed by atoms with Gasteiger partial charge in [0.25, 0.3) is 5.19 Å². The van der Waals surface area contributed by atoms with E-state index in [1.165, 1.54) is 27.8 Å². The average Bonchev–Trinajstić information content (AvgIpc) is 3.10. The van der Waals surface area contributed by atoms with E-state index in [1.807, 2.05) is 18.2 Å². The summed E-state index contributed by atoms with van der Waals surface area (Å²) in [6, 6.07) is 10.6. The summed E-state index contributed by atoms with van der Waals surface area (Å²) >= 11 is 1.44. The number of ether oxygens (including phenoxy) is 2. The quantitative estimate of drug-likeness (QED) is 0.628. The Kier molecular flexibility index (Phi) is 5.22. The minimum absolute atomic E-state index is 0.0953. The Morgan fingerprint density at radius 2 is 1.86 bits per heavy atom. The highest BCUT2D eigenvalue weighted by Crippen LogP contribution is 2.32. The molecule has 4 rings (SSSR count). The van der Waals surface area contributed by atoms with Crippen LogP contribution in [0.25, 0.3) is 10.2 Å². The van der Waals surface area contributed by atoms with Gasteiger partial charge < -0.3 is 9.47 Å². The molecule has 2 heterocycles. The number of methoxy groups -OCH3 is 1. The zero-order chi connectivity index (χ0) is 19.7. The number of nitrogens with zero attached hydrogens (tertiary/aromatic N) is 2. The highest BCUT2D eigenvalue weighted by molar-refractivity contribution is 7.89. The van der Waals surface area contributed by atoms with Crippen LogP contribution in [0.1, 0.15) is 12.8 Å². The molecule has 148 valence electrons. The average molecular weight is 423 g/mol. The van der Waals surface area contributed by atoms with Gasteiger partial charge in [-0.2, -0.15) is 4.31 Å². The SMILES string of the molecule is COc1ccc2nc(OC3CCN(S(=O)(=O)c4ccc(F)cc4)CC3)sc2c1. The van der Waals surface area contributed by atoms with E-state index < -0.39 is 15.8 Å². The molecule has 0 bridgehead atoms. The first-order valence-corrected chi connectivity index (χ1v) is 11.1. The number of benzene rings is 2. The lowest BCUT2D eigenvalue weighted by atomic mass is 10.1. The van der Waals surface area contributed by atoms with Gasteiger partial charge in [-0.25, -0.2) is 17.8 Å². The van der Waals surface area contributed by atoms with Crippen molar-refractivity contribution in [1.29, 1.82) is 0 Å². The van der Waals surface area contributed by atoms with Crippen LogP contribution in [0.3, 0.4) is 0 Å². The minimum atomic E-state index is -3.62. The van der Waals surface area contributed by atoms with E-state index in [4.69, 9.17) is 9.47 Å². The Morgan fingerprint density at radius 1 is 1.14 bits per heavy atom. The van der Waals surface area contributed by atoms with Crippen molar-refractivity contribution in [2.24, 2.45) is 0 Å². The molecule has 0 N–H and O–H groups in total. The zero-order valence-electron chi connectivity index (χ0n) is 15.2. The van der Waals surface area contributed by atoms with Crippen molar-refractivity contribution in [1.82, 2.24) is 9.29 Å². The summed E-state index contributed by atoms with van der Waals surface area (Å²) in [6.45, 7) is 0.701. The van der Waals surface area contributed by atoms with Crippen LogP contribution < -0.4 is 9.47 Å². The molecule has 9 heteroatoms. The number of piperidine rings is 1. The third-order valence-electron chi connectivity index (χ3n) is 4.70. The molecule has 2 aromatic carbocycles. The van der Waals surface area contributed by atoms with Gasteiger partial charge in [-0.1, -0.05) is 11.3 Å². The van der Waals surface area contributed by atoms with E-state index in [0.29, 0.717) is 31.1 Å². The van der Waals surface area contributed by atoms with E-state index in [1.54, 1.807) is 7.11 Å². The number of hydrogen-bond acceptors (Lipinski definition) is 6. The zero-order valence-corrected chi connectivity index (χ0v) is 16.8. The van der Waals surface area contributed by atoms with Gasteiger partial charge in [0, 0.05) is 13.1 Å². The summed E-state index contributed by atoms with van der Waals surface area (Å²) in [4.78, 5) is 4.58. The smallest absolute Gasteiger partial charge is 0.274 e. The van der Waals surface area contributed by atoms with E-state index in [9.17, 15) is 12.8 Å². The van der Waals surface area contributed by atoms with Crippen molar-refractivity contribution in [2.45, 2.75) is 23.8 Å². The van der Waals surface area contributed by atoms with Crippen LogP contribution in [0.4, 0.5) is 4.39 Å². The van der Waals surface area contributed by atoms with Crippen molar-refractivity contribution < 1.29 is 22.3 Å². The molecule has 0 saturated carbocycles. The Balaban J connectivity index is 1.41. The predicted octanol–water partition coefficient (Wildman–Crippen LogP) is 3.68. The molecule has 3 aromatic rings. The largest absolute Gasteiger partial charge is 0.497 e. The first kappa shape index (κ1) is 19.1. The lowest BCUT2D eigenvalue weighted by Crippen LogP contribution is -2.41. The van der Waals surface area contributed by atoms with Gasteiger partial charge >= 0.3 is 0 Å². The molecule has 0 radical (unpaired) electrons.